The van der Waals surface area contributed by atoms with Gasteiger partial charge in [-0.25, -0.2) is 4.39 Å². The Bertz CT molecular complexity index is 867. The van der Waals surface area contributed by atoms with E-state index < -0.39 is 11.7 Å². The van der Waals surface area contributed by atoms with Crippen molar-refractivity contribution in [2.45, 2.75) is 0 Å². The highest BCUT2D eigenvalue weighted by atomic mass is 19.1. The molecule has 1 aliphatic heterocycles. The van der Waals surface area contributed by atoms with Crippen LogP contribution in [0.2, 0.25) is 0 Å². The Morgan fingerprint density at radius 3 is 2.48 bits per heavy atom. The van der Waals surface area contributed by atoms with Crippen molar-refractivity contribution in [1.82, 2.24) is 4.90 Å². The molecular weight excluding hydrogens is 377 g/mol. The van der Waals surface area contributed by atoms with Crippen LogP contribution in [-0.2, 0) is 9.53 Å². The van der Waals surface area contributed by atoms with Gasteiger partial charge in [0, 0.05) is 37.1 Å². The van der Waals surface area contributed by atoms with Crippen LogP contribution < -0.4 is 15.0 Å². The standard InChI is InChI=1S/C21H24FN3O4/c1-24(21(27)15-3-8-19(28-2)18(22)13-15)14-20(26)23-16-4-6-17(7-5-16)25-9-11-29-12-10-25/h3-8,13H,9-12,14H2,1-2H3,(H,23,26). The van der Waals surface area contributed by atoms with Crippen LogP contribution >= 0.6 is 0 Å². The molecule has 29 heavy (non-hydrogen) atoms. The molecule has 0 aromatic heterocycles. The van der Waals surface area contributed by atoms with Crippen LogP contribution in [0.15, 0.2) is 42.5 Å². The second kappa shape index (κ2) is 9.38. The third-order valence-electron chi connectivity index (χ3n) is 4.65. The summed E-state index contributed by atoms with van der Waals surface area (Å²) in [6.45, 7) is 2.93. The van der Waals surface area contributed by atoms with Gasteiger partial charge in [0.05, 0.1) is 26.9 Å². The van der Waals surface area contributed by atoms with Crippen molar-refractivity contribution < 1.29 is 23.5 Å². The molecule has 0 unspecified atom stereocenters. The predicted octanol–water partition coefficient (Wildman–Crippen LogP) is 2.38. The zero-order valence-corrected chi connectivity index (χ0v) is 16.5. The second-order valence-electron chi connectivity index (χ2n) is 6.71. The third-order valence-corrected chi connectivity index (χ3v) is 4.65. The summed E-state index contributed by atoms with van der Waals surface area (Å²) in [4.78, 5) is 28.2. The van der Waals surface area contributed by atoms with E-state index in [1.807, 2.05) is 24.3 Å². The molecule has 0 aliphatic carbocycles. The van der Waals surface area contributed by atoms with E-state index in [-0.39, 0.29) is 23.8 Å². The van der Waals surface area contributed by atoms with Crippen LogP contribution in [-0.4, -0.2) is 63.7 Å². The Hall–Kier alpha value is -3.13. The molecule has 1 heterocycles. The summed E-state index contributed by atoms with van der Waals surface area (Å²) in [5.74, 6) is -1.36. The van der Waals surface area contributed by atoms with Crippen LogP contribution in [0.1, 0.15) is 10.4 Å². The smallest absolute Gasteiger partial charge is 0.254 e. The van der Waals surface area contributed by atoms with E-state index in [0.29, 0.717) is 18.9 Å². The fourth-order valence-corrected chi connectivity index (χ4v) is 3.08. The number of hydrogen-bond acceptors (Lipinski definition) is 5. The molecule has 8 heteroatoms. The minimum absolute atomic E-state index is 0.0578. The molecule has 154 valence electrons. The molecule has 1 N–H and O–H groups in total. The van der Waals surface area contributed by atoms with Crippen molar-refractivity contribution in [1.29, 1.82) is 0 Å². The van der Waals surface area contributed by atoms with Crippen LogP contribution in [0.5, 0.6) is 5.75 Å². The minimum Gasteiger partial charge on any atom is -0.494 e. The zero-order chi connectivity index (χ0) is 20.8. The van der Waals surface area contributed by atoms with Crippen molar-refractivity contribution >= 4 is 23.2 Å². The van der Waals surface area contributed by atoms with E-state index in [0.717, 1.165) is 24.8 Å². The Balaban J connectivity index is 1.55. The summed E-state index contributed by atoms with van der Waals surface area (Å²) in [7, 11) is 2.84. The molecule has 0 saturated carbocycles. The maximum atomic E-state index is 13.8. The zero-order valence-electron chi connectivity index (χ0n) is 16.5. The molecular formula is C21H24FN3O4. The lowest BCUT2D eigenvalue weighted by Gasteiger charge is -2.28. The maximum Gasteiger partial charge on any atom is 0.254 e. The van der Waals surface area contributed by atoms with Gasteiger partial charge in [-0.15, -0.1) is 0 Å². The van der Waals surface area contributed by atoms with E-state index in [9.17, 15) is 14.0 Å². The number of ether oxygens (including phenoxy) is 2. The molecule has 1 aliphatic rings. The molecule has 0 spiro atoms. The highest BCUT2D eigenvalue weighted by molar-refractivity contribution is 5.99. The number of likely N-dealkylation sites (N-methyl/N-ethyl adjacent to an activating group) is 1. The summed E-state index contributed by atoms with van der Waals surface area (Å²) < 4.78 is 24.0. The largest absolute Gasteiger partial charge is 0.494 e. The number of morpholine rings is 1. The first-order valence-electron chi connectivity index (χ1n) is 9.29. The van der Waals surface area contributed by atoms with Crippen molar-refractivity contribution in [2.75, 3.05) is 57.2 Å². The van der Waals surface area contributed by atoms with E-state index in [2.05, 4.69) is 10.2 Å². The molecule has 2 aromatic carbocycles. The fourth-order valence-electron chi connectivity index (χ4n) is 3.08. The normalized spacial score (nSPS) is 13.7. The number of halogens is 1. The topological polar surface area (TPSA) is 71.1 Å². The number of nitrogens with one attached hydrogen (secondary N) is 1. The van der Waals surface area contributed by atoms with Crippen LogP contribution in [0.25, 0.3) is 0 Å². The van der Waals surface area contributed by atoms with E-state index >= 15 is 0 Å². The van der Waals surface area contributed by atoms with Crippen molar-refractivity contribution in [2.24, 2.45) is 0 Å². The number of carbonyl (C=O) groups excluding carboxylic acids is 2. The summed E-state index contributed by atoms with van der Waals surface area (Å²) >= 11 is 0. The quantitative estimate of drug-likeness (QED) is 0.805. The summed E-state index contributed by atoms with van der Waals surface area (Å²) in [5.41, 5.74) is 1.86. The second-order valence-corrected chi connectivity index (χ2v) is 6.71. The molecule has 2 amide bonds. The number of amides is 2. The van der Waals surface area contributed by atoms with Crippen molar-refractivity contribution in [3.63, 3.8) is 0 Å². The number of hydrogen-bond donors (Lipinski definition) is 1. The molecule has 2 aromatic rings. The van der Waals surface area contributed by atoms with Gasteiger partial charge < -0.3 is 24.6 Å². The number of anilines is 2. The van der Waals surface area contributed by atoms with Gasteiger partial charge in [-0.3, -0.25) is 9.59 Å². The first kappa shape index (κ1) is 20.6. The summed E-state index contributed by atoms with van der Waals surface area (Å²) in [6.07, 6.45) is 0. The van der Waals surface area contributed by atoms with Gasteiger partial charge in [-0.05, 0) is 42.5 Å². The Labute approximate surface area is 169 Å². The number of nitrogens with zero attached hydrogens (tertiary/aromatic N) is 2. The minimum atomic E-state index is -0.628. The monoisotopic (exact) mass is 401 g/mol. The Morgan fingerprint density at radius 1 is 1.17 bits per heavy atom. The molecule has 1 saturated heterocycles. The first-order valence-corrected chi connectivity index (χ1v) is 9.29. The molecule has 7 nitrogen and oxygen atoms in total. The van der Waals surface area contributed by atoms with Gasteiger partial charge in [0.2, 0.25) is 5.91 Å². The van der Waals surface area contributed by atoms with Gasteiger partial charge in [0.15, 0.2) is 11.6 Å². The average molecular weight is 401 g/mol. The van der Waals surface area contributed by atoms with Gasteiger partial charge in [-0.2, -0.15) is 0 Å². The predicted molar refractivity (Wildman–Crippen MR) is 108 cm³/mol. The average Bonchev–Trinajstić information content (AvgIpc) is 2.74. The molecule has 3 rings (SSSR count). The summed E-state index contributed by atoms with van der Waals surface area (Å²) in [6, 6.07) is 11.5. The third kappa shape index (κ3) is 5.23. The van der Waals surface area contributed by atoms with Crippen LogP contribution in [0.4, 0.5) is 15.8 Å². The molecule has 0 radical (unpaired) electrons. The van der Waals surface area contributed by atoms with Crippen molar-refractivity contribution in [3.05, 3.63) is 53.8 Å². The Kier molecular flexibility index (Phi) is 6.66. The van der Waals surface area contributed by atoms with E-state index in [1.54, 1.807) is 0 Å². The lowest BCUT2D eigenvalue weighted by atomic mass is 10.2. The maximum absolute atomic E-state index is 13.8. The number of methoxy groups -OCH3 is 1. The number of benzene rings is 2. The van der Waals surface area contributed by atoms with Gasteiger partial charge in [0.1, 0.15) is 0 Å². The Morgan fingerprint density at radius 2 is 1.86 bits per heavy atom. The highest BCUT2D eigenvalue weighted by Crippen LogP contribution is 2.20. The van der Waals surface area contributed by atoms with Gasteiger partial charge >= 0.3 is 0 Å². The summed E-state index contributed by atoms with van der Waals surface area (Å²) in [5, 5.41) is 2.77. The first-order chi connectivity index (χ1) is 14.0. The fraction of sp³-hybridized carbons (Fsp3) is 0.333. The van der Waals surface area contributed by atoms with Gasteiger partial charge in [-0.1, -0.05) is 0 Å². The molecule has 0 atom stereocenters. The lowest BCUT2D eigenvalue weighted by Crippen LogP contribution is -2.36. The van der Waals surface area contributed by atoms with E-state index in [4.69, 9.17) is 9.47 Å². The molecule has 1 fully saturated rings. The lowest BCUT2D eigenvalue weighted by molar-refractivity contribution is -0.116. The van der Waals surface area contributed by atoms with Crippen molar-refractivity contribution in [3.8, 4) is 5.75 Å². The van der Waals surface area contributed by atoms with Gasteiger partial charge in [0.25, 0.3) is 5.91 Å². The highest BCUT2D eigenvalue weighted by Gasteiger charge is 2.17. The number of carbonyl (C=O) groups is 2. The number of rotatable bonds is 6. The van der Waals surface area contributed by atoms with Crippen LogP contribution in [0.3, 0.4) is 0 Å². The SMILES string of the molecule is COc1ccc(C(=O)N(C)CC(=O)Nc2ccc(N3CCOCC3)cc2)cc1F. The van der Waals surface area contributed by atoms with E-state index in [1.165, 1.54) is 31.2 Å². The van der Waals surface area contributed by atoms with Crippen LogP contribution in [0, 0.1) is 5.82 Å². The molecule has 0 bridgehead atoms.